The van der Waals surface area contributed by atoms with Crippen LogP contribution in [0.5, 0.6) is 0 Å². The molecule has 4 rings (SSSR count). The molecule has 0 radical (unpaired) electrons. The molecule has 146 valence electrons. The molecule has 0 aliphatic carbocycles. The van der Waals surface area contributed by atoms with E-state index in [0.29, 0.717) is 12.4 Å². The molecule has 0 spiro atoms. The molecule has 0 fully saturated rings. The number of rotatable bonds is 5. The molecule has 7 heteroatoms. The van der Waals surface area contributed by atoms with Crippen molar-refractivity contribution >= 4 is 15.9 Å². The van der Waals surface area contributed by atoms with Gasteiger partial charge in [-0.05, 0) is 31.3 Å². The Kier molecular flexibility index (Phi) is 5.59. The van der Waals surface area contributed by atoms with Crippen molar-refractivity contribution in [3.8, 4) is 5.69 Å². The van der Waals surface area contributed by atoms with E-state index in [9.17, 15) is 5.21 Å². The minimum atomic E-state index is -0.309. The number of nitrogens with one attached hydrogen (secondary N) is 1. The van der Waals surface area contributed by atoms with Crippen LogP contribution in [-0.4, -0.2) is 32.8 Å². The van der Waals surface area contributed by atoms with Crippen molar-refractivity contribution in [2.75, 3.05) is 13.1 Å². The number of hydrogen-bond donors (Lipinski definition) is 1. The summed E-state index contributed by atoms with van der Waals surface area (Å²) in [5.74, 6) is 1.60. The van der Waals surface area contributed by atoms with Gasteiger partial charge in [0.15, 0.2) is 11.6 Å². The maximum atomic E-state index is 13.3. The highest BCUT2D eigenvalue weighted by molar-refractivity contribution is 9.10. The normalized spacial score (nSPS) is 18.6. The highest BCUT2D eigenvalue weighted by atomic mass is 79.9. The second kappa shape index (κ2) is 8.13. The van der Waals surface area contributed by atoms with Crippen molar-refractivity contribution in [2.45, 2.75) is 33.0 Å². The van der Waals surface area contributed by atoms with Gasteiger partial charge in [0.25, 0.3) is 0 Å². The summed E-state index contributed by atoms with van der Waals surface area (Å²) in [5, 5.41) is 22.3. The van der Waals surface area contributed by atoms with Crippen molar-refractivity contribution < 1.29 is 5.06 Å². The lowest BCUT2D eigenvalue weighted by molar-refractivity contribution is -0.889. The number of halogens is 1. The number of hydrogen-bond acceptors (Lipinski definition) is 4. The van der Waals surface area contributed by atoms with Crippen LogP contribution < -0.4 is 5.06 Å². The maximum absolute atomic E-state index is 13.3. The molecule has 2 atom stereocenters. The van der Waals surface area contributed by atoms with E-state index in [1.807, 2.05) is 36.4 Å². The van der Waals surface area contributed by atoms with Crippen LogP contribution in [0, 0.1) is 5.21 Å². The van der Waals surface area contributed by atoms with Gasteiger partial charge in [0.2, 0.25) is 0 Å². The van der Waals surface area contributed by atoms with E-state index in [1.54, 1.807) is 0 Å². The summed E-state index contributed by atoms with van der Waals surface area (Å²) in [6.07, 6.45) is 0. The summed E-state index contributed by atoms with van der Waals surface area (Å²) < 4.78 is 3.04. The van der Waals surface area contributed by atoms with Crippen LogP contribution in [0.4, 0.5) is 0 Å². The number of fused-ring (bicyclic) bond motifs is 3. The van der Waals surface area contributed by atoms with E-state index in [2.05, 4.69) is 61.6 Å². The maximum Gasteiger partial charge on any atom is 0.193 e. The molecule has 1 N–H and O–H groups in total. The van der Waals surface area contributed by atoms with Crippen LogP contribution in [-0.2, 0) is 13.1 Å². The molecule has 0 saturated carbocycles. The van der Waals surface area contributed by atoms with E-state index in [-0.39, 0.29) is 17.6 Å². The number of aromatic nitrogens is 3. The van der Waals surface area contributed by atoms with Gasteiger partial charge in [0.05, 0.1) is 12.2 Å². The average molecular weight is 442 g/mol. The van der Waals surface area contributed by atoms with E-state index >= 15 is 0 Å². The van der Waals surface area contributed by atoms with Gasteiger partial charge in [-0.1, -0.05) is 60.1 Å². The van der Waals surface area contributed by atoms with Gasteiger partial charge < -0.3 is 10.3 Å². The Labute approximate surface area is 173 Å². The summed E-state index contributed by atoms with van der Waals surface area (Å²) >= 11 is 3.59. The Bertz CT molecular complexity index is 955. The molecule has 0 saturated heterocycles. The summed E-state index contributed by atoms with van der Waals surface area (Å²) in [4.78, 5) is 2.30. The minimum absolute atomic E-state index is 0.145. The zero-order valence-corrected chi connectivity index (χ0v) is 17.7. The Morgan fingerprint density at radius 3 is 2.61 bits per heavy atom. The van der Waals surface area contributed by atoms with Crippen molar-refractivity contribution in [3.05, 3.63) is 81.0 Å². The molecule has 1 aliphatic rings. The van der Waals surface area contributed by atoms with Gasteiger partial charge in [-0.25, -0.2) is 0 Å². The molecular formula is C21H24BrN5O. The molecule has 0 amide bonds. The van der Waals surface area contributed by atoms with Crippen LogP contribution in [0.3, 0.4) is 0 Å². The molecule has 2 aromatic carbocycles. The standard InChI is InChI=1S/C21H24BrN5O/c1-3-25(4-2)13-19-23-24-20-14-26(28)21(15-8-6-5-7-9-15)17-12-16(22)10-11-18(17)27(19)20/h5-12,21,26H,3-4,13-14H2,1-2H3. The third kappa shape index (κ3) is 3.51. The number of quaternary nitrogens is 1. The fourth-order valence-corrected chi connectivity index (χ4v) is 4.28. The predicted molar refractivity (Wildman–Crippen MR) is 112 cm³/mol. The van der Waals surface area contributed by atoms with Crippen LogP contribution in [0.15, 0.2) is 53.0 Å². The summed E-state index contributed by atoms with van der Waals surface area (Å²) in [5.41, 5.74) is 2.99. The Morgan fingerprint density at radius 2 is 1.89 bits per heavy atom. The topological polar surface area (TPSA) is 61.5 Å². The van der Waals surface area contributed by atoms with Crippen molar-refractivity contribution in [2.24, 2.45) is 0 Å². The van der Waals surface area contributed by atoms with E-state index in [1.165, 1.54) is 0 Å². The Balaban J connectivity index is 1.88. The molecule has 1 aromatic heterocycles. The van der Waals surface area contributed by atoms with Crippen molar-refractivity contribution in [3.63, 3.8) is 0 Å². The van der Waals surface area contributed by atoms with Gasteiger partial charge in [-0.3, -0.25) is 9.47 Å². The fraction of sp³-hybridized carbons (Fsp3) is 0.333. The zero-order chi connectivity index (χ0) is 19.7. The second-order valence-corrected chi connectivity index (χ2v) is 7.93. The SMILES string of the molecule is CCN(CC)Cc1nnc2n1-c1ccc(Br)cc1C(c1ccccc1)[NH+]([O-])C2. The molecule has 2 unspecified atom stereocenters. The third-order valence-corrected chi connectivity index (χ3v) is 5.88. The van der Waals surface area contributed by atoms with Gasteiger partial charge in [0, 0.05) is 15.6 Å². The van der Waals surface area contributed by atoms with Gasteiger partial charge in [0.1, 0.15) is 12.6 Å². The third-order valence-electron chi connectivity index (χ3n) is 5.39. The van der Waals surface area contributed by atoms with Crippen LogP contribution in [0.1, 0.15) is 42.7 Å². The van der Waals surface area contributed by atoms with Crippen LogP contribution in [0.2, 0.25) is 0 Å². The van der Waals surface area contributed by atoms with Gasteiger partial charge in [-0.15, -0.1) is 10.2 Å². The number of hydroxylamine groups is 2. The van der Waals surface area contributed by atoms with Crippen LogP contribution in [0.25, 0.3) is 5.69 Å². The number of benzene rings is 2. The molecule has 3 aromatic rings. The van der Waals surface area contributed by atoms with Gasteiger partial charge >= 0.3 is 0 Å². The van der Waals surface area contributed by atoms with Crippen molar-refractivity contribution in [1.29, 1.82) is 0 Å². The first-order chi connectivity index (χ1) is 13.6. The van der Waals surface area contributed by atoms with E-state index in [0.717, 1.165) is 40.2 Å². The molecule has 0 bridgehead atoms. The van der Waals surface area contributed by atoms with E-state index < -0.39 is 0 Å². The zero-order valence-electron chi connectivity index (χ0n) is 16.1. The molecule has 1 aliphatic heterocycles. The lowest BCUT2D eigenvalue weighted by Gasteiger charge is -2.30. The number of nitrogens with zero attached hydrogens (tertiary/aromatic N) is 4. The second-order valence-electron chi connectivity index (χ2n) is 7.02. The first kappa shape index (κ1) is 19.3. The molecule has 6 nitrogen and oxygen atoms in total. The van der Waals surface area contributed by atoms with Crippen LogP contribution >= 0.6 is 15.9 Å². The first-order valence-electron chi connectivity index (χ1n) is 9.65. The summed E-state index contributed by atoms with van der Waals surface area (Å²) in [7, 11) is 0. The highest BCUT2D eigenvalue weighted by Crippen LogP contribution is 2.31. The molecule has 28 heavy (non-hydrogen) atoms. The predicted octanol–water partition coefficient (Wildman–Crippen LogP) is 2.86. The Morgan fingerprint density at radius 1 is 1.14 bits per heavy atom. The summed E-state index contributed by atoms with van der Waals surface area (Å²) in [6.45, 7) is 7.15. The van der Waals surface area contributed by atoms with E-state index in [4.69, 9.17) is 0 Å². The van der Waals surface area contributed by atoms with Crippen molar-refractivity contribution in [1.82, 2.24) is 19.7 Å². The fourth-order valence-electron chi connectivity index (χ4n) is 3.90. The monoisotopic (exact) mass is 441 g/mol. The first-order valence-corrected chi connectivity index (χ1v) is 10.4. The minimum Gasteiger partial charge on any atom is -0.633 e. The summed E-state index contributed by atoms with van der Waals surface area (Å²) in [6, 6.07) is 15.8. The van der Waals surface area contributed by atoms with Gasteiger partial charge in [-0.2, -0.15) is 0 Å². The molecule has 2 heterocycles. The smallest absolute Gasteiger partial charge is 0.193 e. The largest absolute Gasteiger partial charge is 0.633 e. The lowest BCUT2D eigenvalue weighted by atomic mass is 9.97. The quantitative estimate of drug-likeness (QED) is 0.618. The molecular weight excluding hydrogens is 418 g/mol. The highest BCUT2D eigenvalue weighted by Gasteiger charge is 2.32. The Hall–Kier alpha value is -2.06. The lowest BCUT2D eigenvalue weighted by Crippen LogP contribution is -3.06. The average Bonchev–Trinajstić information content (AvgIpc) is 3.03.